The number of hydrogen-bond acceptors (Lipinski definition) is 0. The Labute approximate surface area is 206 Å². The average molecular weight is 450 g/mol. The second kappa shape index (κ2) is 29.0. The van der Waals surface area contributed by atoms with Gasteiger partial charge in [0, 0.05) is 0 Å². The SMILES string of the molecule is [CH2]CCCC(CCCCCCCCCCCCC)CCCCCCCCCCCCCC. The zero-order valence-corrected chi connectivity index (χ0v) is 23.1. The number of hydrogen-bond donors (Lipinski definition) is 0. The lowest BCUT2D eigenvalue weighted by atomic mass is 9.90. The second-order valence-corrected chi connectivity index (χ2v) is 10.9. The molecule has 0 aliphatic carbocycles. The first-order valence-electron chi connectivity index (χ1n) is 15.6. The molecule has 0 aromatic heterocycles. The molecule has 1 radical (unpaired) electrons. The molecule has 0 heterocycles. The molecule has 0 saturated heterocycles. The van der Waals surface area contributed by atoms with Gasteiger partial charge >= 0.3 is 0 Å². The van der Waals surface area contributed by atoms with E-state index in [-0.39, 0.29) is 0 Å². The van der Waals surface area contributed by atoms with Gasteiger partial charge in [-0.15, -0.1) is 0 Å². The van der Waals surface area contributed by atoms with E-state index in [1.54, 1.807) is 0 Å². The first kappa shape index (κ1) is 32.0. The summed E-state index contributed by atoms with van der Waals surface area (Å²) < 4.78 is 0. The Morgan fingerprint density at radius 3 is 0.875 bits per heavy atom. The van der Waals surface area contributed by atoms with Gasteiger partial charge < -0.3 is 0 Å². The first-order chi connectivity index (χ1) is 15.8. The van der Waals surface area contributed by atoms with Gasteiger partial charge in [0.1, 0.15) is 0 Å². The molecule has 1 atom stereocenters. The summed E-state index contributed by atoms with van der Waals surface area (Å²) >= 11 is 0. The van der Waals surface area contributed by atoms with Crippen molar-refractivity contribution in [3.05, 3.63) is 6.92 Å². The van der Waals surface area contributed by atoms with Crippen molar-refractivity contribution in [1.82, 2.24) is 0 Å². The maximum absolute atomic E-state index is 4.09. The summed E-state index contributed by atoms with van der Waals surface area (Å²) in [7, 11) is 0. The molecule has 0 bridgehead atoms. The minimum absolute atomic E-state index is 0.999. The van der Waals surface area contributed by atoms with Crippen LogP contribution in [0.15, 0.2) is 0 Å². The highest BCUT2D eigenvalue weighted by Gasteiger charge is 2.08. The molecule has 0 aliphatic rings. The van der Waals surface area contributed by atoms with Crippen LogP contribution in [0.25, 0.3) is 0 Å². The fourth-order valence-electron chi connectivity index (χ4n) is 5.24. The summed E-state index contributed by atoms with van der Waals surface area (Å²) in [5, 5.41) is 0. The van der Waals surface area contributed by atoms with Gasteiger partial charge in [-0.25, -0.2) is 0 Å². The van der Waals surface area contributed by atoms with Gasteiger partial charge in [-0.1, -0.05) is 201 Å². The zero-order valence-electron chi connectivity index (χ0n) is 23.1. The lowest BCUT2D eigenvalue weighted by molar-refractivity contribution is 0.372. The van der Waals surface area contributed by atoms with Crippen LogP contribution >= 0.6 is 0 Å². The van der Waals surface area contributed by atoms with Crippen LogP contribution in [-0.4, -0.2) is 0 Å². The average Bonchev–Trinajstić information content (AvgIpc) is 2.81. The van der Waals surface area contributed by atoms with E-state index in [9.17, 15) is 0 Å². The van der Waals surface area contributed by atoms with Crippen molar-refractivity contribution in [2.45, 2.75) is 194 Å². The fraction of sp³-hybridized carbons (Fsp3) is 0.969. The van der Waals surface area contributed by atoms with Gasteiger partial charge in [0.15, 0.2) is 0 Å². The molecular formula is C32H65. The van der Waals surface area contributed by atoms with Crippen molar-refractivity contribution in [1.29, 1.82) is 0 Å². The van der Waals surface area contributed by atoms with Gasteiger partial charge in [-0.3, -0.25) is 0 Å². The molecule has 193 valence electrons. The largest absolute Gasteiger partial charge is 0.0654 e. The highest BCUT2D eigenvalue weighted by atomic mass is 14.1. The van der Waals surface area contributed by atoms with E-state index in [1.165, 1.54) is 173 Å². The van der Waals surface area contributed by atoms with Crippen molar-refractivity contribution in [3.63, 3.8) is 0 Å². The van der Waals surface area contributed by atoms with Crippen LogP contribution in [0.4, 0.5) is 0 Å². The highest BCUT2D eigenvalue weighted by molar-refractivity contribution is 4.62. The van der Waals surface area contributed by atoms with Crippen LogP contribution in [-0.2, 0) is 0 Å². The molecule has 0 heteroatoms. The van der Waals surface area contributed by atoms with Gasteiger partial charge in [0.25, 0.3) is 0 Å². The monoisotopic (exact) mass is 450 g/mol. The molecule has 32 heavy (non-hydrogen) atoms. The third kappa shape index (κ3) is 26.3. The number of unbranched alkanes of at least 4 members (excludes halogenated alkanes) is 22. The van der Waals surface area contributed by atoms with Crippen LogP contribution in [0.5, 0.6) is 0 Å². The quantitative estimate of drug-likeness (QED) is 0.104. The maximum Gasteiger partial charge on any atom is -0.0414 e. The van der Waals surface area contributed by atoms with E-state index < -0.39 is 0 Å². The van der Waals surface area contributed by atoms with Gasteiger partial charge in [0.2, 0.25) is 0 Å². The van der Waals surface area contributed by atoms with Crippen LogP contribution in [0.2, 0.25) is 0 Å². The van der Waals surface area contributed by atoms with Crippen molar-refractivity contribution < 1.29 is 0 Å². The molecule has 0 saturated carbocycles. The Morgan fingerprint density at radius 2 is 0.594 bits per heavy atom. The molecule has 0 rings (SSSR count). The molecule has 0 aromatic carbocycles. The predicted octanol–water partition coefficient (Wildman–Crippen LogP) is 12.4. The Balaban J connectivity index is 3.49. The van der Waals surface area contributed by atoms with Gasteiger partial charge in [-0.2, -0.15) is 0 Å². The van der Waals surface area contributed by atoms with Gasteiger partial charge in [0.05, 0.1) is 0 Å². The third-order valence-electron chi connectivity index (χ3n) is 7.54. The summed E-state index contributed by atoms with van der Waals surface area (Å²) in [6.45, 7) is 8.70. The molecule has 0 aliphatic heterocycles. The standard InChI is InChI=1S/C32H65/c1-4-7-10-12-14-16-18-20-22-24-26-28-31-32(29-9-6-3)30-27-25-23-21-19-17-15-13-11-8-5-2/h32H,3-31H2,1-2H3. The van der Waals surface area contributed by atoms with Crippen molar-refractivity contribution in [3.8, 4) is 0 Å². The summed E-state index contributed by atoms with van der Waals surface area (Å²) in [5.41, 5.74) is 0. The van der Waals surface area contributed by atoms with Crippen molar-refractivity contribution in [2.75, 3.05) is 0 Å². The first-order valence-corrected chi connectivity index (χ1v) is 15.6. The molecular weight excluding hydrogens is 384 g/mol. The van der Waals surface area contributed by atoms with E-state index in [2.05, 4.69) is 20.8 Å². The van der Waals surface area contributed by atoms with Gasteiger partial charge in [-0.05, 0) is 5.92 Å². The smallest absolute Gasteiger partial charge is 0.0414 e. The zero-order chi connectivity index (χ0) is 23.4. The van der Waals surface area contributed by atoms with Crippen LogP contribution < -0.4 is 0 Å². The molecule has 0 fully saturated rings. The van der Waals surface area contributed by atoms with Crippen molar-refractivity contribution >= 4 is 0 Å². The minimum atomic E-state index is 0.999. The van der Waals surface area contributed by atoms with Crippen molar-refractivity contribution in [2.24, 2.45) is 5.92 Å². The van der Waals surface area contributed by atoms with E-state index in [1.807, 2.05) is 0 Å². The van der Waals surface area contributed by atoms with E-state index in [4.69, 9.17) is 0 Å². The maximum atomic E-state index is 4.09. The van der Waals surface area contributed by atoms with E-state index in [0.29, 0.717) is 0 Å². The Kier molecular flexibility index (Phi) is 29.0. The summed E-state index contributed by atoms with van der Waals surface area (Å²) in [4.78, 5) is 0. The molecule has 0 spiro atoms. The Morgan fingerprint density at radius 1 is 0.344 bits per heavy atom. The van der Waals surface area contributed by atoms with Crippen LogP contribution in [0.3, 0.4) is 0 Å². The molecule has 0 aromatic rings. The lowest BCUT2D eigenvalue weighted by Gasteiger charge is -2.16. The Bertz CT molecular complexity index is 307. The molecule has 0 N–H and O–H groups in total. The Hall–Kier alpha value is 0. The van der Waals surface area contributed by atoms with Crippen LogP contribution in [0.1, 0.15) is 194 Å². The summed E-state index contributed by atoms with van der Waals surface area (Å²) in [6.07, 6.45) is 40.6. The number of rotatable bonds is 28. The topological polar surface area (TPSA) is 0 Å². The molecule has 0 amide bonds. The third-order valence-corrected chi connectivity index (χ3v) is 7.54. The molecule has 1 unspecified atom stereocenters. The van der Waals surface area contributed by atoms with E-state index in [0.717, 1.165) is 12.3 Å². The fourth-order valence-corrected chi connectivity index (χ4v) is 5.24. The predicted molar refractivity (Wildman–Crippen MR) is 149 cm³/mol. The normalized spacial score (nSPS) is 12.5. The van der Waals surface area contributed by atoms with E-state index >= 15 is 0 Å². The summed E-state index contributed by atoms with van der Waals surface area (Å²) in [5.74, 6) is 0.999. The highest BCUT2D eigenvalue weighted by Crippen LogP contribution is 2.24. The van der Waals surface area contributed by atoms with Crippen LogP contribution in [0, 0.1) is 12.8 Å². The summed E-state index contributed by atoms with van der Waals surface area (Å²) in [6, 6.07) is 0. The second-order valence-electron chi connectivity index (χ2n) is 10.9. The molecule has 0 nitrogen and oxygen atoms in total. The minimum Gasteiger partial charge on any atom is -0.0654 e. The lowest BCUT2D eigenvalue weighted by Crippen LogP contribution is -2.01.